The Morgan fingerprint density at radius 3 is 2.48 bits per heavy atom. The molecule has 0 radical (unpaired) electrons. The molecular formula is C36H38F2N4O6. The number of carbonyl (C=O) groups is 2. The van der Waals surface area contributed by atoms with E-state index in [-0.39, 0.29) is 29.7 Å². The summed E-state index contributed by atoms with van der Waals surface area (Å²) in [7, 11) is 1.73. The summed E-state index contributed by atoms with van der Waals surface area (Å²) in [5, 5.41) is 19.9. The predicted molar refractivity (Wildman–Crippen MR) is 176 cm³/mol. The van der Waals surface area contributed by atoms with E-state index in [1.54, 1.807) is 43.6 Å². The lowest BCUT2D eigenvalue weighted by molar-refractivity contribution is -0.126. The fraction of sp³-hybridized carbons (Fsp3) is 0.361. The van der Waals surface area contributed by atoms with Gasteiger partial charge in [0.1, 0.15) is 41.7 Å². The van der Waals surface area contributed by atoms with Crippen molar-refractivity contribution in [1.29, 1.82) is 0 Å². The largest absolute Gasteiger partial charge is 0.491 e. The van der Waals surface area contributed by atoms with E-state index in [0.29, 0.717) is 66.7 Å². The number of fused-ring (bicyclic) bond motifs is 1. The Hall–Kier alpha value is -4.65. The molecule has 1 aliphatic heterocycles. The van der Waals surface area contributed by atoms with Crippen molar-refractivity contribution in [3.05, 3.63) is 84.6 Å². The molecule has 1 saturated heterocycles. The molecular weight excluding hydrogens is 622 g/mol. The van der Waals surface area contributed by atoms with Crippen LogP contribution in [0.2, 0.25) is 0 Å². The van der Waals surface area contributed by atoms with Crippen LogP contribution in [0.5, 0.6) is 17.2 Å². The van der Waals surface area contributed by atoms with Crippen molar-refractivity contribution in [2.24, 2.45) is 5.41 Å². The number of amides is 1. The third-order valence-corrected chi connectivity index (χ3v) is 8.78. The molecule has 1 amide bonds. The molecule has 1 spiro atoms. The highest BCUT2D eigenvalue weighted by molar-refractivity contribution is 6.07. The van der Waals surface area contributed by atoms with Gasteiger partial charge in [0.25, 0.3) is 0 Å². The first kappa shape index (κ1) is 33.3. The normalized spacial score (nSPS) is 18.7. The number of nitrogens with one attached hydrogen (secondary N) is 3. The van der Waals surface area contributed by atoms with Gasteiger partial charge >= 0.3 is 0 Å². The summed E-state index contributed by atoms with van der Waals surface area (Å²) in [6.07, 6.45) is 6.18. The fourth-order valence-corrected chi connectivity index (χ4v) is 5.48. The number of carbonyl (C=O) groups excluding carboxylic acids is 2. The van der Waals surface area contributed by atoms with Crippen LogP contribution in [0.1, 0.15) is 32.1 Å². The number of aromatic nitrogens is 1. The monoisotopic (exact) mass is 660 g/mol. The maximum Gasteiger partial charge on any atom is 0.237 e. The van der Waals surface area contributed by atoms with Crippen molar-refractivity contribution in [3.8, 4) is 17.2 Å². The quantitative estimate of drug-likeness (QED) is 0.113. The van der Waals surface area contributed by atoms with Crippen LogP contribution in [-0.2, 0) is 14.3 Å². The van der Waals surface area contributed by atoms with Gasteiger partial charge in [0.05, 0.1) is 17.7 Å². The first-order valence-electron chi connectivity index (χ1n) is 16.0. The van der Waals surface area contributed by atoms with Gasteiger partial charge in [-0.25, -0.2) is 8.78 Å². The van der Waals surface area contributed by atoms with Gasteiger partial charge in [0, 0.05) is 54.7 Å². The second-order valence-electron chi connectivity index (χ2n) is 12.5. The minimum atomic E-state index is -0.825. The van der Waals surface area contributed by atoms with Crippen molar-refractivity contribution in [2.75, 3.05) is 37.4 Å². The number of aliphatic hydroxyl groups excluding tert-OH is 1. The Kier molecular flexibility index (Phi) is 9.86. The van der Waals surface area contributed by atoms with E-state index in [4.69, 9.17) is 14.2 Å². The van der Waals surface area contributed by atoms with Gasteiger partial charge in [0.2, 0.25) is 5.91 Å². The maximum atomic E-state index is 14.3. The molecule has 10 nitrogen and oxygen atoms in total. The van der Waals surface area contributed by atoms with Gasteiger partial charge in [-0.15, -0.1) is 0 Å². The van der Waals surface area contributed by atoms with Gasteiger partial charge < -0.3 is 40.1 Å². The number of benzene rings is 3. The van der Waals surface area contributed by atoms with Crippen molar-refractivity contribution in [1.82, 2.24) is 10.3 Å². The van der Waals surface area contributed by atoms with E-state index in [1.807, 2.05) is 6.07 Å². The number of halogens is 2. The lowest BCUT2D eigenvalue weighted by Crippen LogP contribution is -2.38. The standard InChI is InChI=1S/C25H28FN3O4.C11H10FNO2/c1-27-16-2-5-24(21(26)10-16)33-23-6-9-28-22-11-19(3-4-20(22)23)31-15-18(30)13-29-17-12-25(7-8-25)32-14-17;12-8-1-3-9(4-2-8)13-10(15)11(7-14)5-6-11/h2-6,9-11,17-18,27,29-30H,7-8,12-15H2,1H3;1-4,7H,5-6H2,(H,13,15). The smallest absolute Gasteiger partial charge is 0.237 e. The minimum Gasteiger partial charge on any atom is -0.491 e. The SMILES string of the molecule is CNc1ccc(Oc2ccnc3cc(OCC(O)CNC4COC5(CC5)C4)ccc23)c(F)c1.O=CC1(C(=O)Nc2ccc(F)cc2)CC1. The highest BCUT2D eigenvalue weighted by Crippen LogP contribution is 2.47. The summed E-state index contributed by atoms with van der Waals surface area (Å²) >= 11 is 0. The molecule has 2 heterocycles. The van der Waals surface area contributed by atoms with Crippen LogP contribution >= 0.6 is 0 Å². The van der Waals surface area contributed by atoms with E-state index in [2.05, 4.69) is 20.9 Å². The Morgan fingerprint density at radius 2 is 1.81 bits per heavy atom. The topological polar surface area (TPSA) is 131 Å². The molecule has 2 atom stereocenters. The number of anilines is 2. The molecule has 1 aromatic heterocycles. The van der Waals surface area contributed by atoms with Crippen LogP contribution in [0.15, 0.2) is 72.9 Å². The second kappa shape index (κ2) is 14.2. The predicted octanol–water partition coefficient (Wildman–Crippen LogP) is 5.60. The fourth-order valence-electron chi connectivity index (χ4n) is 5.48. The highest BCUT2D eigenvalue weighted by Gasteiger charge is 2.50. The first-order chi connectivity index (χ1) is 23.2. The van der Waals surface area contributed by atoms with Crippen LogP contribution < -0.4 is 25.4 Å². The lowest BCUT2D eigenvalue weighted by Gasteiger charge is -2.16. The average Bonchev–Trinajstić information content (AvgIpc) is 4.02. The summed E-state index contributed by atoms with van der Waals surface area (Å²) in [4.78, 5) is 26.6. The number of rotatable bonds is 12. The van der Waals surface area contributed by atoms with Crippen LogP contribution in [0.3, 0.4) is 0 Å². The molecule has 3 aliphatic rings. The molecule has 3 aromatic carbocycles. The Balaban J connectivity index is 0.000000223. The molecule has 4 aromatic rings. The maximum absolute atomic E-state index is 14.3. The molecule has 4 N–H and O–H groups in total. The second-order valence-corrected chi connectivity index (χ2v) is 12.5. The summed E-state index contributed by atoms with van der Waals surface area (Å²) in [6, 6.07) is 17.6. The van der Waals surface area contributed by atoms with E-state index >= 15 is 0 Å². The van der Waals surface area contributed by atoms with Gasteiger partial charge in [-0.05, 0) is 86.7 Å². The zero-order chi connectivity index (χ0) is 33.7. The van der Waals surface area contributed by atoms with Gasteiger partial charge in [0.15, 0.2) is 11.6 Å². The zero-order valence-corrected chi connectivity index (χ0v) is 26.5. The summed E-state index contributed by atoms with van der Waals surface area (Å²) in [6.45, 7) is 1.32. The van der Waals surface area contributed by atoms with Gasteiger partial charge in [-0.1, -0.05) is 0 Å². The van der Waals surface area contributed by atoms with Gasteiger partial charge in [-0.2, -0.15) is 0 Å². The molecule has 2 unspecified atom stereocenters. The summed E-state index contributed by atoms with van der Waals surface area (Å²) < 4.78 is 44.3. The number of hydrogen-bond acceptors (Lipinski definition) is 9. The van der Waals surface area contributed by atoms with Crippen LogP contribution in [-0.4, -0.2) is 66.8 Å². The molecule has 3 fully saturated rings. The lowest BCUT2D eigenvalue weighted by atomic mass is 10.1. The molecule has 12 heteroatoms. The highest BCUT2D eigenvalue weighted by atomic mass is 19.1. The van der Waals surface area contributed by atoms with Crippen molar-refractivity contribution in [2.45, 2.75) is 49.9 Å². The van der Waals surface area contributed by atoms with E-state index in [0.717, 1.165) is 24.6 Å². The van der Waals surface area contributed by atoms with Crippen molar-refractivity contribution < 1.29 is 37.7 Å². The van der Waals surface area contributed by atoms with Crippen LogP contribution in [0.25, 0.3) is 10.9 Å². The minimum absolute atomic E-state index is 0.127. The Morgan fingerprint density at radius 1 is 1.04 bits per heavy atom. The van der Waals surface area contributed by atoms with E-state index < -0.39 is 17.3 Å². The Bertz CT molecular complexity index is 1760. The average molecular weight is 661 g/mol. The van der Waals surface area contributed by atoms with E-state index in [1.165, 1.54) is 30.3 Å². The molecule has 0 bridgehead atoms. The summed E-state index contributed by atoms with van der Waals surface area (Å²) in [5.41, 5.74) is 1.13. The van der Waals surface area contributed by atoms with Crippen molar-refractivity contribution in [3.63, 3.8) is 0 Å². The Labute approximate surface area is 276 Å². The number of pyridine rings is 1. The number of aldehydes is 1. The first-order valence-corrected chi connectivity index (χ1v) is 16.0. The molecule has 7 rings (SSSR count). The number of ether oxygens (including phenoxy) is 3. The third-order valence-electron chi connectivity index (χ3n) is 8.78. The molecule has 252 valence electrons. The number of nitrogens with zero attached hydrogens (tertiary/aromatic N) is 1. The van der Waals surface area contributed by atoms with Crippen LogP contribution in [0, 0.1) is 17.0 Å². The van der Waals surface area contributed by atoms with Gasteiger partial charge in [-0.3, -0.25) is 9.78 Å². The zero-order valence-electron chi connectivity index (χ0n) is 26.5. The summed E-state index contributed by atoms with van der Waals surface area (Å²) in [5.74, 6) is 0.119. The molecule has 48 heavy (non-hydrogen) atoms. The van der Waals surface area contributed by atoms with E-state index in [9.17, 15) is 23.5 Å². The number of aliphatic hydroxyl groups is 1. The van der Waals surface area contributed by atoms with Crippen LogP contribution in [0.4, 0.5) is 20.2 Å². The third kappa shape index (κ3) is 8.07. The van der Waals surface area contributed by atoms with Crippen molar-refractivity contribution >= 4 is 34.5 Å². The molecule has 2 aliphatic carbocycles. The number of hydrogen-bond donors (Lipinski definition) is 4. The molecule has 2 saturated carbocycles.